The summed E-state index contributed by atoms with van der Waals surface area (Å²) < 4.78 is 29.7. The average Bonchev–Trinajstić information content (AvgIpc) is 3.45. The van der Waals surface area contributed by atoms with E-state index in [1.54, 1.807) is 72.8 Å². The fraction of sp³-hybridized carbons (Fsp3) is 0.400. The maximum atomic E-state index is 10.5. The van der Waals surface area contributed by atoms with Crippen LogP contribution in [-0.2, 0) is 66.9 Å². The van der Waals surface area contributed by atoms with Gasteiger partial charge in [0, 0.05) is 0 Å². The Morgan fingerprint density at radius 3 is 0.359 bits per heavy atom. The monoisotopic (exact) mass is 1130 g/mol. The second-order valence-corrected chi connectivity index (χ2v) is 15.7. The van der Waals surface area contributed by atoms with Crippen molar-refractivity contribution in [3.8, 4) is 34.5 Å². The summed E-state index contributed by atoms with van der Waals surface area (Å²) in [6.45, 7) is 21.7. The number of aryl methyl sites for hydroxylation is 6. The summed E-state index contributed by atoms with van der Waals surface area (Å²) in [5.74, 6) is 0.540. The van der Waals surface area contributed by atoms with Gasteiger partial charge in [-0.1, -0.05) is 187 Å². The minimum absolute atomic E-state index is 0. The van der Waals surface area contributed by atoms with Gasteiger partial charge < -0.3 is 59.1 Å². The number of hydrogen-bond donors (Lipinski definition) is 0. The molecule has 9 rings (SSSR count). The first-order chi connectivity index (χ1) is 35.0. The summed E-state index contributed by atoms with van der Waals surface area (Å²) in [5.41, 5.74) is 7.30. The minimum Gasteiger partial charge on any atom is -0.872 e. The van der Waals surface area contributed by atoms with E-state index in [0.717, 1.165) is 118 Å². The van der Waals surface area contributed by atoms with E-state index in [-0.39, 0.29) is 212 Å². The predicted octanol–water partition coefficient (Wildman–Crippen LogP) is -9.94. The standard InChI is InChI=1S/6C8H10O.3C4H8O2.6Na/c6*1-2-7-3-5-8(9)6-4-7;3*1-2-6-4-3-5-1;;;;;;/h6*3-6,9H,2H2,1H3;3*1-4H2;;;;;;/q;;;;;;;;;6*+1/p-6. The Bertz CT molecular complexity index is 1700. The van der Waals surface area contributed by atoms with Gasteiger partial charge in [0.25, 0.3) is 0 Å². The van der Waals surface area contributed by atoms with Gasteiger partial charge >= 0.3 is 177 Å². The van der Waals surface area contributed by atoms with Crippen molar-refractivity contribution in [2.75, 3.05) is 79.3 Å². The molecule has 0 amide bonds. The third-order valence-electron chi connectivity index (χ3n) is 10.2. The van der Waals surface area contributed by atoms with Crippen LogP contribution >= 0.6 is 0 Å². The Kier molecular flexibility index (Phi) is 71.9. The molecule has 396 valence electrons. The summed E-state index contributed by atoms with van der Waals surface area (Å²) in [6.07, 6.45) is 6.00. The molecule has 0 atom stereocenters. The molecule has 18 heteroatoms. The number of rotatable bonds is 6. The van der Waals surface area contributed by atoms with Crippen molar-refractivity contribution < 1.29 is 236 Å². The molecule has 3 aliphatic heterocycles. The number of hydrogen-bond acceptors (Lipinski definition) is 12. The van der Waals surface area contributed by atoms with Crippen LogP contribution in [0, 0.1) is 0 Å². The van der Waals surface area contributed by atoms with Crippen molar-refractivity contribution in [1.29, 1.82) is 0 Å². The molecule has 0 N–H and O–H groups in total. The normalized spacial score (nSPS) is 12.1. The summed E-state index contributed by atoms with van der Waals surface area (Å²) in [7, 11) is 0. The van der Waals surface area contributed by atoms with Crippen molar-refractivity contribution in [2.45, 2.75) is 80.1 Å². The van der Waals surface area contributed by atoms with E-state index in [4.69, 9.17) is 28.4 Å². The fourth-order valence-electron chi connectivity index (χ4n) is 5.67. The molecule has 3 heterocycles. The largest absolute Gasteiger partial charge is 1.00 e. The molecule has 6 aromatic rings. The van der Waals surface area contributed by atoms with Crippen LogP contribution in [0.3, 0.4) is 0 Å². The van der Waals surface area contributed by atoms with Crippen molar-refractivity contribution in [3.63, 3.8) is 0 Å². The molecular formula is C60H78Na6O12. The smallest absolute Gasteiger partial charge is 0.872 e. The van der Waals surface area contributed by atoms with Gasteiger partial charge in [0.15, 0.2) is 0 Å². The van der Waals surface area contributed by atoms with E-state index in [1.165, 1.54) is 33.4 Å². The first-order valence-electron chi connectivity index (χ1n) is 25.0. The quantitative estimate of drug-likeness (QED) is 0.143. The van der Waals surface area contributed by atoms with E-state index in [0.29, 0.717) is 0 Å². The van der Waals surface area contributed by atoms with E-state index in [1.807, 2.05) is 72.8 Å². The Morgan fingerprint density at radius 1 is 0.205 bits per heavy atom. The first-order valence-corrected chi connectivity index (χ1v) is 25.0. The van der Waals surface area contributed by atoms with Gasteiger partial charge in [-0.15, -0.1) is 34.5 Å². The zero-order valence-corrected chi connectivity index (χ0v) is 61.5. The van der Waals surface area contributed by atoms with Gasteiger partial charge in [-0.25, -0.2) is 0 Å². The Hall–Kier alpha value is -0.120. The van der Waals surface area contributed by atoms with Gasteiger partial charge in [0.05, 0.1) is 79.3 Å². The molecule has 0 spiro atoms. The van der Waals surface area contributed by atoms with E-state index in [9.17, 15) is 30.6 Å². The van der Waals surface area contributed by atoms with Crippen LogP contribution in [0.25, 0.3) is 0 Å². The van der Waals surface area contributed by atoms with Crippen molar-refractivity contribution in [2.24, 2.45) is 0 Å². The van der Waals surface area contributed by atoms with Crippen LogP contribution in [0.2, 0.25) is 0 Å². The van der Waals surface area contributed by atoms with Gasteiger partial charge in [0.1, 0.15) is 0 Å². The van der Waals surface area contributed by atoms with Gasteiger partial charge in [0.2, 0.25) is 0 Å². The molecular weight excluding hydrogens is 1050 g/mol. The van der Waals surface area contributed by atoms with Crippen LogP contribution in [0.15, 0.2) is 146 Å². The molecule has 0 aromatic heterocycles. The molecule has 0 aliphatic carbocycles. The third kappa shape index (κ3) is 52.7. The summed E-state index contributed by atoms with van der Waals surface area (Å²) in [4.78, 5) is 0. The van der Waals surface area contributed by atoms with Crippen molar-refractivity contribution >= 4 is 0 Å². The maximum Gasteiger partial charge on any atom is 1.00 e. The van der Waals surface area contributed by atoms with E-state index in [2.05, 4.69) is 41.5 Å². The SMILES string of the molecule is C1COCCO1.C1COCCO1.C1COCCO1.CCc1ccc([O-])cc1.CCc1ccc([O-])cc1.CCc1ccc([O-])cc1.CCc1ccc([O-])cc1.CCc1ccc([O-])cc1.CCc1ccc([O-])cc1.[Na+].[Na+].[Na+].[Na+].[Na+].[Na+]. The molecule has 3 aliphatic rings. The molecule has 0 bridgehead atoms. The van der Waals surface area contributed by atoms with Crippen LogP contribution in [0.4, 0.5) is 0 Å². The first kappa shape index (κ1) is 89.1. The van der Waals surface area contributed by atoms with Crippen LogP contribution < -0.4 is 208 Å². The van der Waals surface area contributed by atoms with Crippen LogP contribution in [0.5, 0.6) is 34.5 Å². The van der Waals surface area contributed by atoms with Crippen molar-refractivity contribution in [1.82, 2.24) is 0 Å². The van der Waals surface area contributed by atoms with Crippen LogP contribution in [-0.4, -0.2) is 79.3 Å². The summed E-state index contributed by atoms with van der Waals surface area (Å²) in [5, 5.41) is 63.2. The van der Waals surface area contributed by atoms with E-state index < -0.39 is 0 Å². The van der Waals surface area contributed by atoms with Gasteiger partial charge in [-0.2, -0.15) is 0 Å². The zero-order valence-electron chi connectivity index (χ0n) is 49.5. The molecule has 0 unspecified atom stereocenters. The second-order valence-electron chi connectivity index (χ2n) is 15.7. The predicted molar refractivity (Wildman–Crippen MR) is 277 cm³/mol. The maximum absolute atomic E-state index is 10.5. The molecule has 0 radical (unpaired) electrons. The molecule has 78 heavy (non-hydrogen) atoms. The second kappa shape index (κ2) is 62.9. The third-order valence-corrected chi connectivity index (χ3v) is 10.2. The summed E-state index contributed by atoms with van der Waals surface area (Å²) in [6, 6.07) is 41.5. The zero-order chi connectivity index (χ0) is 52.9. The Morgan fingerprint density at radius 2 is 0.295 bits per heavy atom. The molecule has 3 saturated heterocycles. The summed E-state index contributed by atoms with van der Waals surface area (Å²) >= 11 is 0. The molecule has 0 saturated carbocycles. The van der Waals surface area contributed by atoms with Gasteiger partial charge in [-0.3, -0.25) is 0 Å². The Balaban J connectivity index is -0.000000186. The topological polar surface area (TPSA) is 194 Å². The average molecular weight is 1130 g/mol. The van der Waals surface area contributed by atoms with Crippen molar-refractivity contribution in [3.05, 3.63) is 179 Å². The van der Waals surface area contributed by atoms with Crippen LogP contribution in [0.1, 0.15) is 74.9 Å². The van der Waals surface area contributed by atoms with Gasteiger partial charge in [-0.05, 0) is 71.9 Å². The number of benzene rings is 6. The fourth-order valence-corrected chi connectivity index (χ4v) is 5.67. The molecule has 3 fully saturated rings. The molecule has 6 aromatic carbocycles. The number of ether oxygens (including phenoxy) is 6. The minimum atomic E-state index is 0. The Labute approximate surface area is 600 Å². The molecule has 12 nitrogen and oxygen atoms in total. The van der Waals surface area contributed by atoms with E-state index >= 15 is 0 Å².